The van der Waals surface area contributed by atoms with Crippen LogP contribution in [0.15, 0.2) is 6.07 Å². The average molecular weight is 220 g/mol. The van der Waals surface area contributed by atoms with Crippen molar-refractivity contribution in [1.29, 1.82) is 0 Å². The summed E-state index contributed by atoms with van der Waals surface area (Å²) >= 11 is 5.72. The van der Waals surface area contributed by atoms with Crippen LogP contribution in [0.2, 0.25) is 5.02 Å². The predicted molar refractivity (Wildman–Crippen MR) is 51.3 cm³/mol. The first kappa shape index (κ1) is 11.2. The lowest BCUT2D eigenvalue weighted by atomic mass is 10.1. The van der Waals surface area contributed by atoms with Gasteiger partial charge in [0.1, 0.15) is 11.6 Å². The van der Waals surface area contributed by atoms with Crippen LogP contribution in [0.3, 0.4) is 0 Å². The van der Waals surface area contributed by atoms with Gasteiger partial charge in [0.2, 0.25) is 0 Å². The molecule has 0 saturated carbocycles. The van der Waals surface area contributed by atoms with Gasteiger partial charge in [0.25, 0.3) is 0 Å². The van der Waals surface area contributed by atoms with E-state index >= 15 is 0 Å². The molecule has 0 aliphatic heterocycles. The third-order valence-corrected chi connectivity index (χ3v) is 2.32. The molecule has 0 heterocycles. The summed E-state index contributed by atoms with van der Waals surface area (Å²) in [5.74, 6) is -0.0341. The molecule has 0 aliphatic carbocycles. The van der Waals surface area contributed by atoms with Gasteiger partial charge in [-0.15, -0.1) is 0 Å². The van der Waals surface area contributed by atoms with E-state index in [2.05, 4.69) is 0 Å². The number of hydrogen-bond acceptors (Lipinski definition) is 3. The van der Waals surface area contributed by atoms with Gasteiger partial charge in [-0.1, -0.05) is 11.6 Å². The Morgan fingerprint density at radius 3 is 2.79 bits per heavy atom. The van der Waals surface area contributed by atoms with E-state index < -0.39 is 5.82 Å². The molecule has 1 aromatic rings. The Balaban J connectivity index is 3.32. The summed E-state index contributed by atoms with van der Waals surface area (Å²) in [6.07, 6.45) is 0. The zero-order valence-corrected chi connectivity index (χ0v) is 8.65. The lowest BCUT2D eigenvalue weighted by Gasteiger charge is -2.13. The molecular weight excluding hydrogens is 209 g/mol. The van der Waals surface area contributed by atoms with Crippen LogP contribution >= 0.6 is 11.6 Å². The standard InChI is InChI=1S/C9H11ClFNO2/c1-5-3-7(11)8(10)6(4-12-13)9(5)14-2/h3,12-13H,4H2,1-2H3. The zero-order chi connectivity index (χ0) is 10.7. The average Bonchev–Trinajstić information content (AvgIpc) is 2.14. The molecule has 14 heavy (non-hydrogen) atoms. The summed E-state index contributed by atoms with van der Waals surface area (Å²) in [5.41, 5.74) is 2.97. The van der Waals surface area contributed by atoms with Crippen molar-refractivity contribution in [2.24, 2.45) is 0 Å². The first-order valence-electron chi connectivity index (χ1n) is 4.00. The highest BCUT2D eigenvalue weighted by Crippen LogP contribution is 2.32. The molecule has 0 fully saturated rings. The van der Waals surface area contributed by atoms with Crippen molar-refractivity contribution >= 4 is 11.6 Å². The van der Waals surface area contributed by atoms with Crippen molar-refractivity contribution < 1.29 is 14.3 Å². The molecule has 1 aromatic carbocycles. The fourth-order valence-electron chi connectivity index (χ4n) is 1.32. The Hall–Kier alpha value is -0.840. The SMILES string of the molecule is COc1c(C)cc(F)c(Cl)c1CNO. The quantitative estimate of drug-likeness (QED) is 0.767. The second-order valence-electron chi connectivity index (χ2n) is 2.84. The number of hydroxylamine groups is 1. The van der Waals surface area contributed by atoms with E-state index in [1.54, 1.807) is 6.92 Å². The van der Waals surface area contributed by atoms with E-state index in [1.807, 2.05) is 5.48 Å². The first-order chi connectivity index (χ1) is 6.61. The number of benzene rings is 1. The van der Waals surface area contributed by atoms with E-state index in [0.717, 1.165) is 0 Å². The Kier molecular flexibility index (Phi) is 3.69. The molecule has 1 rings (SSSR count). The molecule has 3 nitrogen and oxygen atoms in total. The van der Waals surface area contributed by atoms with Crippen LogP contribution in [0.5, 0.6) is 5.75 Å². The molecule has 0 saturated heterocycles. The number of aryl methyl sites for hydroxylation is 1. The molecule has 0 bridgehead atoms. The van der Waals surface area contributed by atoms with Crippen LogP contribution in [-0.4, -0.2) is 12.3 Å². The van der Waals surface area contributed by atoms with E-state index in [9.17, 15) is 4.39 Å². The minimum absolute atomic E-state index is 0.0333. The van der Waals surface area contributed by atoms with Gasteiger partial charge >= 0.3 is 0 Å². The molecule has 0 spiro atoms. The molecular formula is C9H11ClFNO2. The van der Waals surface area contributed by atoms with E-state index in [0.29, 0.717) is 16.9 Å². The number of hydrogen-bond donors (Lipinski definition) is 2. The number of rotatable bonds is 3. The fourth-order valence-corrected chi connectivity index (χ4v) is 1.53. The number of methoxy groups -OCH3 is 1. The Labute approximate surface area is 86.4 Å². The van der Waals surface area contributed by atoms with Gasteiger partial charge in [-0.05, 0) is 18.6 Å². The van der Waals surface area contributed by atoms with E-state index in [4.69, 9.17) is 21.5 Å². The normalized spacial score (nSPS) is 10.4. The van der Waals surface area contributed by atoms with Gasteiger partial charge in [-0.25, -0.2) is 9.87 Å². The molecule has 0 amide bonds. The van der Waals surface area contributed by atoms with Crippen molar-refractivity contribution in [3.8, 4) is 5.75 Å². The largest absolute Gasteiger partial charge is 0.496 e. The lowest BCUT2D eigenvalue weighted by molar-refractivity contribution is 0.160. The maximum absolute atomic E-state index is 13.2. The second-order valence-corrected chi connectivity index (χ2v) is 3.21. The summed E-state index contributed by atoms with van der Waals surface area (Å²) in [6, 6.07) is 1.29. The van der Waals surface area contributed by atoms with Gasteiger partial charge in [0.15, 0.2) is 0 Å². The van der Waals surface area contributed by atoms with Crippen LogP contribution in [0.1, 0.15) is 11.1 Å². The highest BCUT2D eigenvalue weighted by Gasteiger charge is 2.14. The van der Waals surface area contributed by atoms with Gasteiger partial charge < -0.3 is 9.94 Å². The van der Waals surface area contributed by atoms with Crippen LogP contribution in [0, 0.1) is 12.7 Å². The van der Waals surface area contributed by atoms with E-state index in [1.165, 1.54) is 13.2 Å². The lowest BCUT2D eigenvalue weighted by Crippen LogP contribution is -2.09. The summed E-state index contributed by atoms with van der Waals surface area (Å²) in [6.45, 7) is 1.75. The Morgan fingerprint density at radius 1 is 1.64 bits per heavy atom. The minimum Gasteiger partial charge on any atom is -0.496 e. The molecule has 0 atom stereocenters. The predicted octanol–water partition coefficient (Wildman–Crippen LogP) is 2.27. The fraction of sp³-hybridized carbons (Fsp3) is 0.333. The van der Waals surface area contributed by atoms with Crippen molar-refractivity contribution in [3.63, 3.8) is 0 Å². The van der Waals surface area contributed by atoms with Gasteiger partial charge in [0, 0.05) is 5.56 Å². The highest BCUT2D eigenvalue weighted by molar-refractivity contribution is 6.31. The molecule has 0 unspecified atom stereocenters. The molecule has 78 valence electrons. The maximum Gasteiger partial charge on any atom is 0.142 e. The Morgan fingerprint density at radius 2 is 2.29 bits per heavy atom. The number of ether oxygens (including phenoxy) is 1. The van der Waals surface area contributed by atoms with Gasteiger partial charge in [0.05, 0.1) is 18.7 Å². The summed E-state index contributed by atoms with van der Waals surface area (Å²) in [7, 11) is 1.47. The van der Waals surface area contributed by atoms with Crippen molar-refractivity contribution in [3.05, 3.63) is 28.0 Å². The molecule has 0 aliphatic rings. The first-order valence-corrected chi connectivity index (χ1v) is 4.38. The Bertz CT molecular complexity index is 344. The summed E-state index contributed by atoms with van der Waals surface area (Å²) < 4.78 is 18.2. The summed E-state index contributed by atoms with van der Waals surface area (Å²) in [4.78, 5) is 0. The van der Waals surface area contributed by atoms with Crippen molar-refractivity contribution in [1.82, 2.24) is 5.48 Å². The number of nitrogens with one attached hydrogen (secondary N) is 1. The second kappa shape index (κ2) is 4.59. The topological polar surface area (TPSA) is 41.5 Å². The third kappa shape index (κ3) is 1.97. The van der Waals surface area contributed by atoms with Crippen LogP contribution in [0.25, 0.3) is 0 Å². The van der Waals surface area contributed by atoms with Crippen LogP contribution in [0.4, 0.5) is 4.39 Å². The molecule has 0 aromatic heterocycles. The monoisotopic (exact) mass is 219 g/mol. The minimum atomic E-state index is -0.518. The smallest absolute Gasteiger partial charge is 0.142 e. The molecule has 5 heteroatoms. The number of halogens is 2. The van der Waals surface area contributed by atoms with Crippen molar-refractivity contribution in [2.45, 2.75) is 13.5 Å². The molecule has 2 N–H and O–H groups in total. The zero-order valence-electron chi connectivity index (χ0n) is 7.90. The third-order valence-electron chi connectivity index (χ3n) is 1.91. The van der Waals surface area contributed by atoms with Crippen LogP contribution < -0.4 is 10.2 Å². The van der Waals surface area contributed by atoms with Crippen molar-refractivity contribution in [2.75, 3.05) is 7.11 Å². The summed E-state index contributed by atoms with van der Waals surface area (Å²) in [5, 5.41) is 8.53. The maximum atomic E-state index is 13.2. The van der Waals surface area contributed by atoms with Gasteiger partial charge in [-0.3, -0.25) is 0 Å². The van der Waals surface area contributed by atoms with Gasteiger partial charge in [-0.2, -0.15) is 0 Å². The molecule has 0 radical (unpaired) electrons. The van der Waals surface area contributed by atoms with E-state index in [-0.39, 0.29) is 11.6 Å². The van der Waals surface area contributed by atoms with Crippen LogP contribution in [-0.2, 0) is 6.54 Å². The highest BCUT2D eigenvalue weighted by atomic mass is 35.5.